The van der Waals surface area contributed by atoms with Crippen molar-refractivity contribution in [3.63, 3.8) is 0 Å². The number of rotatable bonds is 1. The first-order valence-corrected chi connectivity index (χ1v) is 5.23. The molecule has 0 fully saturated rings. The molecule has 4 nitrogen and oxygen atoms in total. The van der Waals surface area contributed by atoms with Gasteiger partial charge in [0.15, 0.2) is 0 Å². The van der Waals surface area contributed by atoms with E-state index in [1.807, 2.05) is 24.3 Å². The third kappa shape index (κ3) is 1.69. The number of fused-ring (bicyclic) bond motifs is 1. The van der Waals surface area contributed by atoms with Gasteiger partial charge in [0.1, 0.15) is 5.69 Å². The molecule has 0 atom stereocenters. The highest BCUT2D eigenvalue weighted by molar-refractivity contribution is 5.84. The molecule has 0 spiro atoms. The summed E-state index contributed by atoms with van der Waals surface area (Å²) in [4.78, 5) is 22.8. The summed E-state index contributed by atoms with van der Waals surface area (Å²) in [6.45, 7) is 0. The van der Waals surface area contributed by atoms with E-state index >= 15 is 0 Å². The molecule has 2 aromatic heterocycles. The monoisotopic (exact) mass is 223 g/mol. The van der Waals surface area contributed by atoms with Crippen LogP contribution in [0.5, 0.6) is 0 Å². The van der Waals surface area contributed by atoms with Crippen LogP contribution in [0.2, 0.25) is 0 Å². The largest absolute Gasteiger partial charge is 0.320 e. The number of H-pyrrole nitrogens is 1. The second-order valence-electron chi connectivity index (χ2n) is 3.69. The molecule has 1 N–H and O–H groups in total. The molecule has 0 saturated heterocycles. The standard InChI is InChI=1S/C13H9N3O/c17-13-10-4-2-1-3-9(10)7-11(16-13)12-8-14-5-6-15-12/h1-8H,(H,16,17). The minimum Gasteiger partial charge on any atom is -0.320 e. The quantitative estimate of drug-likeness (QED) is 0.686. The number of hydrogen-bond donors (Lipinski definition) is 1. The minimum atomic E-state index is -0.108. The zero-order valence-corrected chi connectivity index (χ0v) is 8.92. The van der Waals surface area contributed by atoms with Gasteiger partial charge >= 0.3 is 0 Å². The van der Waals surface area contributed by atoms with Gasteiger partial charge < -0.3 is 4.98 Å². The van der Waals surface area contributed by atoms with E-state index < -0.39 is 0 Å². The van der Waals surface area contributed by atoms with Crippen LogP contribution in [0.25, 0.3) is 22.2 Å². The van der Waals surface area contributed by atoms with Gasteiger partial charge in [-0.1, -0.05) is 18.2 Å². The van der Waals surface area contributed by atoms with Gasteiger partial charge in [-0.2, -0.15) is 0 Å². The number of aromatic nitrogens is 3. The van der Waals surface area contributed by atoms with Gasteiger partial charge in [0.2, 0.25) is 0 Å². The van der Waals surface area contributed by atoms with Gasteiger partial charge in [-0.25, -0.2) is 0 Å². The van der Waals surface area contributed by atoms with Gasteiger partial charge in [-0.15, -0.1) is 0 Å². The molecular weight excluding hydrogens is 214 g/mol. The van der Waals surface area contributed by atoms with E-state index in [4.69, 9.17) is 0 Å². The lowest BCUT2D eigenvalue weighted by atomic mass is 10.1. The zero-order chi connectivity index (χ0) is 11.7. The summed E-state index contributed by atoms with van der Waals surface area (Å²) in [5, 5.41) is 1.58. The van der Waals surface area contributed by atoms with Crippen molar-refractivity contribution < 1.29 is 0 Å². The number of hydrogen-bond acceptors (Lipinski definition) is 3. The molecule has 0 saturated carbocycles. The molecule has 0 bridgehead atoms. The molecule has 0 aliphatic rings. The summed E-state index contributed by atoms with van der Waals surface area (Å²) < 4.78 is 0. The van der Waals surface area contributed by atoms with Gasteiger partial charge in [-0.3, -0.25) is 14.8 Å². The lowest BCUT2D eigenvalue weighted by molar-refractivity contribution is 1.17. The summed E-state index contributed by atoms with van der Waals surface area (Å²) in [5.41, 5.74) is 1.24. The Hall–Kier alpha value is -2.49. The highest BCUT2D eigenvalue weighted by atomic mass is 16.1. The Bertz CT molecular complexity index is 719. The van der Waals surface area contributed by atoms with E-state index in [2.05, 4.69) is 15.0 Å². The van der Waals surface area contributed by atoms with Crippen LogP contribution >= 0.6 is 0 Å². The molecule has 0 unspecified atom stereocenters. The lowest BCUT2D eigenvalue weighted by Crippen LogP contribution is -2.07. The highest BCUT2D eigenvalue weighted by Crippen LogP contribution is 2.16. The summed E-state index contributed by atoms with van der Waals surface area (Å²) >= 11 is 0. The zero-order valence-electron chi connectivity index (χ0n) is 8.92. The second-order valence-corrected chi connectivity index (χ2v) is 3.69. The molecule has 82 valence electrons. The van der Waals surface area contributed by atoms with E-state index in [1.54, 1.807) is 24.7 Å². The van der Waals surface area contributed by atoms with Gasteiger partial charge in [0.05, 0.1) is 11.9 Å². The molecule has 0 radical (unpaired) electrons. The third-order valence-corrected chi connectivity index (χ3v) is 2.59. The van der Waals surface area contributed by atoms with Crippen molar-refractivity contribution in [2.45, 2.75) is 0 Å². The van der Waals surface area contributed by atoms with Crippen molar-refractivity contribution in [3.8, 4) is 11.4 Å². The van der Waals surface area contributed by atoms with Crippen LogP contribution in [0.1, 0.15) is 0 Å². The Kier molecular flexibility index (Phi) is 2.19. The first-order valence-electron chi connectivity index (χ1n) is 5.23. The second kappa shape index (κ2) is 3.83. The molecule has 1 aromatic carbocycles. The molecule has 3 aromatic rings. The fourth-order valence-electron chi connectivity index (χ4n) is 1.79. The predicted octanol–water partition coefficient (Wildman–Crippen LogP) is 1.99. The van der Waals surface area contributed by atoms with Crippen molar-refractivity contribution in [2.24, 2.45) is 0 Å². The van der Waals surface area contributed by atoms with Crippen LogP contribution in [-0.4, -0.2) is 15.0 Å². The maximum absolute atomic E-state index is 11.9. The summed E-state index contributed by atoms with van der Waals surface area (Å²) in [5.74, 6) is 0. The van der Waals surface area contributed by atoms with Crippen molar-refractivity contribution in [3.05, 3.63) is 59.3 Å². The molecule has 3 rings (SSSR count). The Morgan fingerprint density at radius 2 is 2.00 bits per heavy atom. The number of pyridine rings is 1. The minimum absolute atomic E-state index is 0.108. The van der Waals surface area contributed by atoms with E-state index in [-0.39, 0.29) is 5.56 Å². The predicted molar refractivity (Wildman–Crippen MR) is 65.6 cm³/mol. The van der Waals surface area contributed by atoms with Crippen molar-refractivity contribution in [1.82, 2.24) is 15.0 Å². The van der Waals surface area contributed by atoms with Crippen LogP contribution in [-0.2, 0) is 0 Å². The lowest BCUT2D eigenvalue weighted by Gasteiger charge is -2.02. The average Bonchev–Trinajstić information content (AvgIpc) is 2.40. The molecule has 17 heavy (non-hydrogen) atoms. The Balaban J connectivity index is 2.30. The van der Waals surface area contributed by atoms with Gasteiger partial charge in [0, 0.05) is 17.8 Å². The van der Waals surface area contributed by atoms with E-state index in [9.17, 15) is 4.79 Å². The van der Waals surface area contributed by atoms with Crippen LogP contribution in [0.3, 0.4) is 0 Å². The van der Waals surface area contributed by atoms with E-state index in [1.165, 1.54) is 0 Å². The van der Waals surface area contributed by atoms with E-state index in [0.717, 1.165) is 5.39 Å². The Morgan fingerprint density at radius 1 is 1.12 bits per heavy atom. The Labute approximate surface area is 97.0 Å². The first kappa shape index (κ1) is 9.72. The number of nitrogens with zero attached hydrogens (tertiary/aromatic N) is 2. The highest BCUT2D eigenvalue weighted by Gasteiger charge is 2.04. The smallest absolute Gasteiger partial charge is 0.256 e. The van der Waals surface area contributed by atoms with Crippen molar-refractivity contribution >= 4 is 10.8 Å². The molecule has 0 aliphatic carbocycles. The molecule has 0 amide bonds. The first-order chi connectivity index (χ1) is 8.34. The summed E-state index contributed by atoms with van der Waals surface area (Å²) in [6, 6.07) is 9.36. The summed E-state index contributed by atoms with van der Waals surface area (Å²) in [7, 11) is 0. The SMILES string of the molecule is O=c1[nH]c(-c2cnccn2)cc2ccccc12. The number of aromatic amines is 1. The molecule has 0 aliphatic heterocycles. The van der Waals surface area contributed by atoms with Gasteiger partial charge in [0.25, 0.3) is 5.56 Å². The third-order valence-electron chi connectivity index (χ3n) is 2.59. The van der Waals surface area contributed by atoms with Crippen molar-refractivity contribution in [1.29, 1.82) is 0 Å². The molecule has 4 heteroatoms. The Morgan fingerprint density at radius 3 is 2.82 bits per heavy atom. The number of benzene rings is 1. The van der Waals surface area contributed by atoms with Crippen LogP contribution in [0.4, 0.5) is 0 Å². The topological polar surface area (TPSA) is 58.6 Å². The van der Waals surface area contributed by atoms with Crippen molar-refractivity contribution in [2.75, 3.05) is 0 Å². The maximum Gasteiger partial charge on any atom is 0.256 e. The summed E-state index contributed by atoms with van der Waals surface area (Å²) in [6.07, 6.45) is 4.82. The maximum atomic E-state index is 11.9. The van der Waals surface area contributed by atoms with E-state index in [0.29, 0.717) is 16.8 Å². The van der Waals surface area contributed by atoms with Crippen LogP contribution < -0.4 is 5.56 Å². The number of nitrogens with one attached hydrogen (secondary N) is 1. The van der Waals surface area contributed by atoms with Crippen LogP contribution in [0, 0.1) is 0 Å². The van der Waals surface area contributed by atoms with Gasteiger partial charge in [-0.05, 0) is 17.5 Å². The molecule has 2 heterocycles. The average molecular weight is 223 g/mol. The fraction of sp³-hybridized carbons (Fsp3) is 0. The molecular formula is C13H9N3O. The van der Waals surface area contributed by atoms with Crippen LogP contribution in [0.15, 0.2) is 53.7 Å². The fourth-order valence-corrected chi connectivity index (χ4v) is 1.79. The normalized spacial score (nSPS) is 10.6.